The molecule has 0 fully saturated rings. The third-order valence-corrected chi connectivity index (χ3v) is 4.07. The molecule has 0 saturated carbocycles. The van der Waals surface area contributed by atoms with Crippen LogP contribution in [0.15, 0.2) is 46.8 Å². The summed E-state index contributed by atoms with van der Waals surface area (Å²) >= 11 is 1.74. The van der Waals surface area contributed by atoms with E-state index in [-0.39, 0.29) is 29.9 Å². The normalized spacial score (nSPS) is 10.7. The number of guanidine groups is 1. The van der Waals surface area contributed by atoms with Gasteiger partial charge in [0.25, 0.3) is 5.91 Å². The summed E-state index contributed by atoms with van der Waals surface area (Å²) in [6, 6.07) is 11.5. The second-order valence-corrected chi connectivity index (χ2v) is 5.77. The molecule has 0 bridgehead atoms. The molecule has 0 aliphatic heterocycles. The van der Waals surface area contributed by atoms with Crippen molar-refractivity contribution in [1.29, 1.82) is 0 Å². The Kier molecular flexibility index (Phi) is 8.64. The molecule has 1 aromatic heterocycles. The molecular weight excluding hydrogens is 423 g/mol. The highest BCUT2D eigenvalue weighted by molar-refractivity contribution is 14.0. The van der Waals surface area contributed by atoms with E-state index in [1.165, 1.54) is 4.88 Å². The van der Waals surface area contributed by atoms with Crippen molar-refractivity contribution < 1.29 is 4.79 Å². The van der Waals surface area contributed by atoms with Gasteiger partial charge in [-0.05, 0) is 35.6 Å². The Morgan fingerprint density at radius 1 is 1.26 bits per heavy atom. The molecule has 2 aromatic rings. The summed E-state index contributed by atoms with van der Waals surface area (Å²) in [4.78, 5) is 17.1. The Hall–Kier alpha value is -1.61. The van der Waals surface area contributed by atoms with Crippen LogP contribution in [0.3, 0.4) is 0 Å². The van der Waals surface area contributed by atoms with E-state index in [1.54, 1.807) is 30.5 Å². The average molecular weight is 444 g/mol. The fourth-order valence-electron chi connectivity index (χ4n) is 1.91. The summed E-state index contributed by atoms with van der Waals surface area (Å²) in [5, 5.41) is 7.75. The first kappa shape index (κ1) is 19.4. The first-order valence-electron chi connectivity index (χ1n) is 7.06. The quantitative estimate of drug-likeness (QED) is 0.364. The van der Waals surface area contributed by atoms with Crippen molar-refractivity contribution in [3.63, 3.8) is 0 Å². The van der Waals surface area contributed by atoms with E-state index in [9.17, 15) is 4.79 Å². The lowest BCUT2D eigenvalue weighted by Gasteiger charge is -2.05. The van der Waals surface area contributed by atoms with Gasteiger partial charge in [0, 0.05) is 24.0 Å². The number of halogens is 1. The number of nitrogens with two attached hydrogens (primary N) is 1. The van der Waals surface area contributed by atoms with Crippen molar-refractivity contribution in [2.24, 2.45) is 10.7 Å². The smallest absolute Gasteiger partial charge is 0.251 e. The Morgan fingerprint density at radius 3 is 2.61 bits per heavy atom. The summed E-state index contributed by atoms with van der Waals surface area (Å²) in [5.41, 5.74) is 7.49. The molecule has 1 amide bonds. The van der Waals surface area contributed by atoms with Gasteiger partial charge < -0.3 is 16.4 Å². The lowest BCUT2D eigenvalue weighted by atomic mass is 10.1. The molecule has 124 valence electrons. The molecule has 0 atom stereocenters. The van der Waals surface area contributed by atoms with Crippen LogP contribution in [-0.2, 0) is 13.0 Å². The van der Waals surface area contributed by atoms with Crippen molar-refractivity contribution in [2.45, 2.75) is 13.0 Å². The molecule has 2 rings (SSSR count). The van der Waals surface area contributed by atoms with Crippen molar-refractivity contribution in [2.75, 3.05) is 13.6 Å². The van der Waals surface area contributed by atoms with E-state index in [4.69, 9.17) is 5.73 Å². The maximum absolute atomic E-state index is 11.4. The Balaban J connectivity index is 0.00000264. The minimum Gasteiger partial charge on any atom is -0.370 e. The minimum absolute atomic E-state index is 0. The second-order valence-electron chi connectivity index (χ2n) is 4.73. The fraction of sp³-hybridized carbons (Fsp3) is 0.250. The van der Waals surface area contributed by atoms with Crippen LogP contribution in [0.4, 0.5) is 0 Å². The van der Waals surface area contributed by atoms with E-state index in [0.29, 0.717) is 18.1 Å². The number of hydrogen-bond donors (Lipinski definition) is 3. The maximum atomic E-state index is 11.4. The van der Waals surface area contributed by atoms with Crippen molar-refractivity contribution >= 4 is 47.2 Å². The van der Waals surface area contributed by atoms with Crippen LogP contribution in [-0.4, -0.2) is 25.5 Å². The molecule has 0 saturated heterocycles. The van der Waals surface area contributed by atoms with Gasteiger partial charge in [-0.15, -0.1) is 35.3 Å². The van der Waals surface area contributed by atoms with Crippen LogP contribution in [0, 0.1) is 0 Å². The van der Waals surface area contributed by atoms with Gasteiger partial charge in [0.1, 0.15) is 0 Å². The van der Waals surface area contributed by atoms with Crippen molar-refractivity contribution in [1.82, 2.24) is 10.6 Å². The standard InChI is InChI=1S/C16H20N4OS.HI/c1-18-15(21)13-6-4-12(5-7-13)11-20-16(17)19-9-8-14-3-2-10-22-14;/h2-7,10H,8-9,11H2,1H3,(H,18,21)(H3,17,19,20);1H. The second kappa shape index (κ2) is 10.2. The predicted octanol–water partition coefficient (Wildman–Crippen LogP) is 2.37. The lowest BCUT2D eigenvalue weighted by Crippen LogP contribution is -2.33. The largest absolute Gasteiger partial charge is 0.370 e. The molecule has 0 aliphatic carbocycles. The van der Waals surface area contributed by atoms with Crippen molar-refractivity contribution in [3.05, 3.63) is 57.8 Å². The number of carbonyl (C=O) groups excluding carboxylic acids is 1. The van der Waals surface area contributed by atoms with Crippen LogP contribution in [0.25, 0.3) is 0 Å². The lowest BCUT2D eigenvalue weighted by molar-refractivity contribution is 0.0963. The summed E-state index contributed by atoms with van der Waals surface area (Å²) in [6.45, 7) is 1.26. The third-order valence-electron chi connectivity index (χ3n) is 3.13. The van der Waals surface area contributed by atoms with Gasteiger partial charge >= 0.3 is 0 Å². The maximum Gasteiger partial charge on any atom is 0.251 e. The molecule has 5 nitrogen and oxygen atoms in total. The molecule has 7 heteroatoms. The number of rotatable bonds is 6. The van der Waals surface area contributed by atoms with Gasteiger partial charge in [-0.2, -0.15) is 0 Å². The van der Waals surface area contributed by atoms with Crippen molar-refractivity contribution in [3.8, 4) is 0 Å². The third kappa shape index (κ3) is 6.57. The summed E-state index contributed by atoms with van der Waals surface area (Å²) in [6.07, 6.45) is 0.939. The highest BCUT2D eigenvalue weighted by Crippen LogP contribution is 2.08. The summed E-state index contributed by atoms with van der Waals surface area (Å²) < 4.78 is 0. The van der Waals surface area contributed by atoms with Gasteiger partial charge in [0.15, 0.2) is 5.96 Å². The van der Waals surface area contributed by atoms with E-state index in [2.05, 4.69) is 27.1 Å². The van der Waals surface area contributed by atoms with E-state index in [0.717, 1.165) is 18.5 Å². The van der Waals surface area contributed by atoms with Gasteiger partial charge in [-0.3, -0.25) is 4.79 Å². The number of carbonyl (C=O) groups is 1. The molecule has 0 radical (unpaired) electrons. The first-order chi connectivity index (χ1) is 10.7. The van der Waals surface area contributed by atoms with E-state index in [1.807, 2.05) is 18.2 Å². The Bertz CT molecular complexity index is 626. The average Bonchev–Trinajstić information content (AvgIpc) is 3.06. The number of thiophene rings is 1. The van der Waals surface area contributed by atoms with Crippen LogP contribution in [0.5, 0.6) is 0 Å². The van der Waals surface area contributed by atoms with Crippen LogP contribution < -0.4 is 16.4 Å². The van der Waals surface area contributed by atoms with E-state index < -0.39 is 0 Å². The summed E-state index contributed by atoms with van der Waals surface area (Å²) in [7, 11) is 1.61. The van der Waals surface area contributed by atoms with Gasteiger partial charge in [-0.25, -0.2) is 4.99 Å². The van der Waals surface area contributed by atoms with Crippen LogP contribution in [0.2, 0.25) is 0 Å². The Morgan fingerprint density at radius 2 is 2.00 bits per heavy atom. The molecule has 0 aliphatic rings. The first-order valence-corrected chi connectivity index (χ1v) is 7.94. The molecule has 0 spiro atoms. The van der Waals surface area contributed by atoms with Gasteiger partial charge in [0.2, 0.25) is 0 Å². The number of aliphatic imine (C=N–C) groups is 1. The zero-order valence-corrected chi connectivity index (χ0v) is 16.1. The van der Waals surface area contributed by atoms with E-state index >= 15 is 0 Å². The Labute approximate surface area is 157 Å². The monoisotopic (exact) mass is 444 g/mol. The minimum atomic E-state index is -0.0928. The van der Waals surface area contributed by atoms with Crippen LogP contribution in [0.1, 0.15) is 20.8 Å². The number of amides is 1. The molecular formula is C16H21IN4OS. The van der Waals surface area contributed by atoms with Gasteiger partial charge in [0.05, 0.1) is 6.54 Å². The van der Waals surface area contributed by atoms with Crippen LogP contribution >= 0.6 is 35.3 Å². The summed E-state index contributed by atoms with van der Waals surface area (Å²) in [5.74, 6) is 0.344. The topological polar surface area (TPSA) is 79.5 Å². The number of hydrogen-bond acceptors (Lipinski definition) is 3. The molecule has 1 aromatic carbocycles. The zero-order chi connectivity index (χ0) is 15.8. The number of benzene rings is 1. The molecule has 23 heavy (non-hydrogen) atoms. The highest BCUT2D eigenvalue weighted by Gasteiger charge is 2.02. The fourth-order valence-corrected chi connectivity index (χ4v) is 2.62. The SMILES string of the molecule is CNC(=O)c1ccc(CN=C(N)NCCc2cccs2)cc1.I. The highest BCUT2D eigenvalue weighted by atomic mass is 127. The number of nitrogens with one attached hydrogen (secondary N) is 2. The molecule has 4 N–H and O–H groups in total. The number of nitrogens with zero attached hydrogens (tertiary/aromatic N) is 1. The molecule has 1 heterocycles. The van der Waals surface area contributed by atoms with Gasteiger partial charge in [-0.1, -0.05) is 18.2 Å². The zero-order valence-electron chi connectivity index (χ0n) is 12.9. The molecule has 0 unspecified atom stereocenters. The predicted molar refractivity (Wildman–Crippen MR) is 107 cm³/mol.